The number of hydrogen-bond donors (Lipinski definition) is 0. The third kappa shape index (κ3) is 4.23. The van der Waals surface area contributed by atoms with Gasteiger partial charge in [0.05, 0.1) is 0 Å². The fraction of sp³-hybridized carbons (Fsp3) is 0.333. The van der Waals surface area contributed by atoms with Crippen LogP contribution in [0.5, 0.6) is 0 Å². The molecule has 116 valence electrons. The maximum absolute atomic E-state index is 11.9. The number of benzene rings is 2. The van der Waals surface area contributed by atoms with Gasteiger partial charge in [-0.25, -0.2) is 0 Å². The van der Waals surface area contributed by atoms with Gasteiger partial charge in [0.1, 0.15) is 13.2 Å². The molecular weight excluding hydrogens is 295 g/mol. The molecule has 0 saturated heterocycles. The van der Waals surface area contributed by atoms with Crippen molar-refractivity contribution in [1.82, 2.24) is 0 Å². The Labute approximate surface area is 133 Å². The Bertz CT molecular complexity index is 623. The predicted molar refractivity (Wildman–Crippen MR) is 89.0 cm³/mol. The summed E-state index contributed by atoms with van der Waals surface area (Å²) in [4.78, 5) is 0. The molecule has 0 atom stereocenters. The van der Waals surface area contributed by atoms with Crippen LogP contribution in [0.2, 0.25) is 0 Å². The third-order valence-electron chi connectivity index (χ3n) is 4.08. The Kier molecular flexibility index (Phi) is 5.84. The molecule has 0 spiro atoms. The van der Waals surface area contributed by atoms with E-state index in [0.717, 1.165) is 11.1 Å². The molecule has 0 aromatic heterocycles. The van der Waals surface area contributed by atoms with Gasteiger partial charge in [-0.1, -0.05) is 36.4 Å². The summed E-state index contributed by atoms with van der Waals surface area (Å²) < 4.78 is 22.6. The highest BCUT2D eigenvalue weighted by molar-refractivity contribution is 7.33. The first-order valence-corrected chi connectivity index (χ1v) is 8.42. The molecule has 2 aromatic carbocycles. The van der Waals surface area contributed by atoms with Crippen molar-refractivity contribution in [1.29, 1.82) is 0 Å². The van der Waals surface area contributed by atoms with Crippen LogP contribution in [0.15, 0.2) is 36.4 Å². The van der Waals surface area contributed by atoms with Gasteiger partial charge in [-0.3, -0.25) is 0 Å². The molecule has 0 bridgehead atoms. The van der Waals surface area contributed by atoms with Crippen LogP contribution in [0.25, 0.3) is 0 Å². The summed E-state index contributed by atoms with van der Waals surface area (Å²) in [5.74, 6) is 0. The molecule has 0 heterocycles. The molecule has 0 aliphatic carbocycles. The highest BCUT2D eigenvalue weighted by atomic mass is 31.1. The Balaban J connectivity index is 1.88. The zero-order valence-corrected chi connectivity index (χ0v) is 14.4. The summed E-state index contributed by atoms with van der Waals surface area (Å²) in [5, 5.41) is 0. The molecule has 0 amide bonds. The van der Waals surface area contributed by atoms with Crippen LogP contribution in [-0.4, -0.2) is 0 Å². The molecular formula is C18H22O3P+. The fourth-order valence-electron chi connectivity index (χ4n) is 2.22. The summed E-state index contributed by atoms with van der Waals surface area (Å²) in [6.07, 6.45) is 0. The van der Waals surface area contributed by atoms with E-state index in [4.69, 9.17) is 9.05 Å². The van der Waals surface area contributed by atoms with Gasteiger partial charge in [0.15, 0.2) is 0 Å². The Morgan fingerprint density at radius 3 is 1.59 bits per heavy atom. The first-order chi connectivity index (χ1) is 10.5. The summed E-state index contributed by atoms with van der Waals surface area (Å²) in [6, 6.07) is 12.0. The molecule has 0 aliphatic heterocycles. The molecule has 0 saturated carbocycles. The van der Waals surface area contributed by atoms with Crippen LogP contribution in [0.1, 0.15) is 33.4 Å². The van der Waals surface area contributed by atoms with Gasteiger partial charge >= 0.3 is 8.25 Å². The SMILES string of the molecule is Cc1cccc(CO[P+](=O)OCc2cccc(C)c2C)c1C. The molecule has 0 fully saturated rings. The van der Waals surface area contributed by atoms with Crippen molar-refractivity contribution in [3.63, 3.8) is 0 Å². The molecule has 22 heavy (non-hydrogen) atoms. The van der Waals surface area contributed by atoms with E-state index in [2.05, 4.69) is 26.0 Å². The molecule has 2 aromatic rings. The zero-order chi connectivity index (χ0) is 16.1. The number of rotatable bonds is 6. The molecule has 0 aliphatic rings. The van der Waals surface area contributed by atoms with Gasteiger partial charge in [0, 0.05) is 4.57 Å². The molecule has 0 radical (unpaired) electrons. The normalized spacial score (nSPS) is 10.7. The number of hydrogen-bond acceptors (Lipinski definition) is 3. The van der Waals surface area contributed by atoms with Gasteiger partial charge < -0.3 is 0 Å². The standard InChI is InChI=1S/C18H22O3P/c1-13-7-5-9-17(15(13)3)11-20-22(19)21-12-18-10-6-8-14(2)16(18)4/h5-10H,11-12H2,1-4H3/q+1. The van der Waals surface area contributed by atoms with Crippen LogP contribution in [0, 0.1) is 27.7 Å². The van der Waals surface area contributed by atoms with Crippen molar-refractivity contribution < 1.29 is 13.6 Å². The monoisotopic (exact) mass is 317 g/mol. The summed E-state index contributed by atoms with van der Waals surface area (Å²) in [7, 11) is -2.12. The molecule has 0 unspecified atom stereocenters. The second-order valence-electron chi connectivity index (χ2n) is 5.49. The van der Waals surface area contributed by atoms with E-state index < -0.39 is 8.25 Å². The minimum atomic E-state index is -2.12. The smallest absolute Gasteiger partial charge is 0.114 e. The predicted octanol–water partition coefficient (Wildman–Crippen LogP) is 5.31. The topological polar surface area (TPSA) is 35.5 Å². The first-order valence-electron chi connectivity index (χ1n) is 7.32. The van der Waals surface area contributed by atoms with Crippen LogP contribution in [-0.2, 0) is 26.8 Å². The molecule has 0 N–H and O–H groups in total. The quantitative estimate of drug-likeness (QED) is 0.677. The van der Waals surface area contributed by atoms with Gasteiger partial charge in [-0.2, -0.15) is 0 Å². The Hall–Kier alpha value is -1.54. The van der Waals surface area contributed by atoms with Crippen molar-refractivity contribution in [3.8, 4) is 0 Å². The maximum Gasteiger partial charge on any atom is 0.698 e. The van der Waals surface area contributed by atoms with E-state index in [0.29, 0.717) is 13.2 Å². The van der Waals surface area contributed by atoms with Crippen molar-refractivity contribution in [2.45, 2.75) is 40.9 Å². The van der Waals surface area contributed by atoms with Crippen molar-refractivity contribution in [3.05, 3.63) is 69.8 Å². The lowest BCUT2D eigenvalue weighted by Crippen LogP contribution is -1.95. The lowest BCUT2D eigenvalue weighted by molar-refractivity contribution is 0.212. The molecule has 2 rings (SSSR count). The second-order valence-corrected chi connectivity index (χ2v) is 6.45. The van der Waals surface area contributed by atoms with E-state index in [1.54, 1.807) is 0 Å². The number of aryl methyl sites for hydroxylation is 2. The first kappa shape index (κ1) is 16.8. The summed E-state index contributed by atoms with van der Waals surface area (Å²) >= 11 is 0. The minimum absolute atomic E-state index is 0.301. The maximum atomic E-state index is 11.9. The second kappa shape index (κ2) is 7.64. The van der Waals surface area contributed by atoms with Crippen LogP contribution < -0.4 is 0 Å². The van der Waals surface area contributed by atoms with Crippen molar-refractivity contribution in [2.24, 2.45) is 0 Å². The summed E-state index contributed by atoms with van der Waals surface area (Å²) in [6.45, 7) is 8.78. The van der Waals surface area contributed by atoms with Gasteiger partial charge in [0.2, 0.25) is 0 Å². The molecule has 3 nitrogen and oxygen atoms in total. The van der Waals surface area contributed by atoms with Crippen LogP contribution in [0.3, 0.4) is 0 Å². The Morgan fingerprint density at radius 1 is 0.773 bits per heavy atom. The minimum Gasteiger partial charge on any atom is -0.114 e. The molecule has 4 heteroatoms. The van der Waals surface area contributed by atoms with Gasteiger partial charge in [0.25, 0.3) is 0 Å². The zero-order valence-electron chi connectivity index (χ0n) is 13.6. The van der Waals surface area contributed by atoms with E-state index in [9.17, 15) is 4.57 Å². The van der Waals surface area contributed by atoms with Crippen LogP contribution >= 0.6 is 8.25 Å². The average molecular weight is 317 g/mol. The van der Waals surface area contributed by atoms with Crippen LogP contribution in [0.4, 0.5) is 0 Å². The van der Waals surface area contributed by atoms with Gasteiger partial charge in [-0.15, -0.1) is 9.05 Å². The van der Waals surface area contributed by atoms with E-state index in [1.807, 2.05) is 38.1 Å². The highest BCUT2D eigenvalue weighted by Crippen LogP contribution is 2.29. The fourth-order valence-corrected chi connectivity index (χ4v) is 2.78. The summed E-state index contributed by atoms with van der Waals surface area (Å²) in [5.41, 5.74) is 6.82. The van der Waals surface area contributed by atoms with E-state index >= 15 is 0 Å². The highest BCUT2D eigenvalue weighted by Gasteiger charge is 2.21. The Morgan fingerprint density at radius 2 is 1.18 bits per heavy atom. The van der Waals surface area contributed by atoms with E-state index in [-0.39, 0.29) is 0 Å². The lowest BCUT2D eigenvalue weighted by Gasteiger charge is -2.05. The third-order valence-corrected chi connectivity index (χ3v) is 4.76. The average Bonchev–Trinajstić information content (AvgIpc) is 2.50. The lowest BCUT2D eigenvalue weighted by atomic mass is 10.0. The van der Waals surface area contributed by atoms with Crippen molar-refractivity contribution in [2.75, 3.05) is 0 Å². The largest absolute Gasteiger partial charge is 0.698 e. The van der Waals surface area contributed by atoms with Crippen molar-refractivity contribution >= 4 is 8.25 Å². The van der Waals surface area contributed by atoms with Gasteiger partial charge in [-0.05, 0) is 61.1 Å². The van der Waals surface area contributed by atoms with E-state index in [1.165, 1.54) is 22.3 Å².